The Morgan fingerprint density at radius 1 is 0.750 bits per heavy atom. The van der Waals surface area contributed by atoms with E-state index in [1.807, 2.05) is 0 Å². The molecule has 4 aromatic rings. The summed E-state index contributed by atoms with van der Waals surface area (Å²) in [7, 11) is 0. The largest absolute Gasteiger partial charge is 0.478 e. The second kappa shape index (κ2) is 11.5. The van der Waals surface area contributed by atoms with Crippen LogP contribution in [0.2, 0.25) is 0 Å². The van der Waals surface area contributed by atoms with Gasteiger partial charge in [0.05, 0.1) is 26.2 Å². The molecule has 40 heavy (non-hydrogen) atoms. The van der Waals surface area contributed by atoms with Crippen LogP contribution >= 0.6 is 0 Å². The van der Waals surface area contributed by atoms with Gasteiger partial charge in [-0.1, -0.05) is 12.1 Å². The number of nitrogens with one attached hydrogen (secondary N) is 2. The summed E-state index contributed by atoms with van der Waals surface area (Å²) in [6.07, 6.45) is 1.10. The summed E-state index contributed by atoms with van der Waals surface area (Å²) in [4.78, 5) is 56.4. The molecule has 0 fully saturated rings. The fraction of sp³-hybridized carbons (Fsp3) is 0.0833. The first-order valence-corrected chi connectivity index (χ1v) is 11.4. The van der Waals surface area contributed by atoms with E-state index in [-0.39, 0.29) is 64.2 Å². The summed E-state index contributed by atoms with van der Waals surface area (Å²) in [5, 5.41) is 49.2. The van der Waals surface area contributed by atoms with E-state index < -0.39 is 20.7 Å². The first-order chi connectivity index (χ1) is 19.1. The predicted molar refractivity (Wildman–Crippen MR) is 141 cm³/mol. The summed E-state index contributed by atoms with van der Waals surface area (Å²) in [5.74, 6) is -1.05. The summed E-state index contributed by atoms with van der Waals surface area (Å²) in [5.41, 5.74) is -0.784. The minimum atomic E-state index is -1.41. The maximum absolute atomic E-state index is 12.4. The number of carboxylic acids is 1. The molecule has 2 aromatic carbocycles. The highest BCUT2D eigenvalue weighted by Crippen LogP contribution is 2.33. The molecule has 0 radical (unpaired) electrons. The van der Waals surface area contributed by atoms with Crippen molar-refractivity contribution >= 4 is 34.8 Å². The van der Waals surface area contributed by atoms with Gasteiger partial charge in [-0.25, -0.2) is 19.7 Å². The molecule has 2 heterocycles. The number of hydrogen-bond donors (Lipinski definition) is 3. The van der Waals surface area contributed by atoms with Crippen molar-refractivity contribution in [2.24, 2.45) is 0 Å². The zero-order valence-electron chi connectivity index (χ0n) is 20.3. The van der Waals surface area contributed by atoms with Gasteiger partial charge in [0.25, 0.3) is 17.1 Å². The van der Waals surface area contributed by atoms with Crippen molar-refractivity contribution in [2.75, 3.05) is 23.7 Å². The van der Waals surface area contributed by atoms with Crippen molar-refractivity contribution in [1.82, 2.24) is 15.0 Å². The van der Waals surface area contributed by atoms with Crippen molar-refractivity contribution in [2.45, 2.75) is 0 Å². The van der Waals surface area contributed by atoms with E-state index in [0.717, 1.165) is 6.20 Å². The number of aromatic carboxylic acids is 1. The molecule has 0 aliphatic carbocycles. The minimum absolute atomic E-state index is 0.0154. The smallest absolute Gasteiger partial charge is 0.340 e. The van der Waals surface area contributed by atoms with Crippen LogP contribution in [0.3, 0.4) is 0 Å². The van der Waals surface area contributed by atoms with Crippen LogP contribution in [-0.2, 0) is 0 Å². The highest BCUT2D eigenvalue weighted by atomic mass is 16.6. The zero-order chi connectivity index (χ0) is 28.8. The average molecular weight is 546 g/mol. The molecular formula is C24H18N8O8. The zero-order valence-corrected chi connectivity index (χ0v) is 20.3. The SMILES string of the molecule is O=C(O)c1c(-c2ccc([N+](=O)[O-])cc2)nc(NCCNc2ccc([N+](=O)[O-])cn2)nc1-c1cccc([N+](=O)[O-])c1. The maximum atomic E-state index is 12.4. The number of nitrogens with zero attached hydrogens (tertiary/aromatic N) is 6. The van der Waals surface area contributed by atoms with E-state index in [2.05, 4.69) is 25.6 Å². The molecule has 0 aliphatic heterocycles. The second-order valence-corrected chi connectivity index (χ2v) is 8.05. The Labute approximate surface area is 223 Å². The topological polar surface area (TPSA) is 229 Å². The van der Waals surface area contributed by atoms with Crippen molar-refractivity contribution < 1.29 is 24.7 Å². The molecule has 2 aromatic heterocycles. The number of pyridine rings is 1. The molecule has 0 amide bonds. The number of anilines is 2. The van der Waals surface area contributed by atoms with E-state index in [9.17, 15) is 40.2 Å². The van der Waals surface area contributed by atoms with Crippen molar-refractivity contribution in [1.29, 1.82) is 0 Å². The van der Waals surface area contributed by atoms with Gasteiger partial charge in [0, 0.05) is 54.5 Å². The number of rotatable bonds is 11. The van der Waals surface area contributed by atoms with Crippen molar-refractivity contribution in [3.05, 3.63) is 103 Å². The van der Waals surface area contributed by atoms with Gasteiger partial charge < -0.3 is 15.7 Å². The summed E-state index contributed by atoms with van der Waals surface area (Å²) < 4.78 is 0. The molecule has 202 valence electrons. The Kier molecular flexibility index (Phi) is 7.79. The Morgan fingerprint density at radius 2 is 1.35 bits per heavy atom. The number of nitro benzene ring substituents is 2. The highest BCUT2D eigenvalue weighted by Gasteiger charge is 2.24. The molecule has 16 heteroatoms. The quantitative estimate of drug-likeness (QED) is 0.136. The minimum Gasteiger partial charge on any atom is -0.478 e. The standard InChI is InChI=1S/C24H18N8O8/c33-23(34)20-21(14-4-6-16(7-5-14)30(35)36)28-24(29-22(20)15-2-1-3-17(12-15)31(37)38)26-11-10-25-19-9-8-18(13-27-19)32(39)40/h1-9,12-13H,10-11H2,(H,25,27)(H,33,34)(H,26,28,29). The van der Waals surface area contributed by atoms with Crippen LogP contribution in [0.1, 0.15) is 10.4 Å². The summed E-state index contributed by atoms with van der Waals surface area (Å²) in [6, 6.07) is 13.1. The van der Waals surface area contributed by atoms with Crippen LogP contribution in [0, 0.1) is 30.3 Å². The Bertz CT molecular complexity index is 1610. The molecular weight excluding hydrogens is 528 g/mol. The predicted octanol–water partition coefficient (Wildman–Crippen LogP) is 4.15. The number of carbonyl (C=O) groups is 1. The van der Waals surface area contributed by atoms with Crippen LogP contribution in [-0.4, -0.2) is 53.9 Å². The molecule has 0 unspecified atom stereocenters. The van der Waals surface area contributed by atoms with Gasteiger partial charge in [-0.3, -0.25) is 30.3 Å². The third-order valence-corrected chi connectivity index (χ3v) is 5.48. The monoisotopic (exact) mass is 546 g/mol. The van der Waals surface area contributed by atoms with Crippen LogP contribution in [0.15, 0.2) is 66.9 Å². The van der Waals surface area contributed by atoms with Gasteiger partial charge in [-0.15, -0.1) is 0 Å². The van der Waals surface area contributed by atoms with Gasteiger partial charge in [0.15, 0.2) is 0 Å². The number of carboxylic acid groups (broad SMARTS) is 1. The molecule has 0 atom stereocenters. The first kappa shape index (κ1) is 27.0. The van der Waals surface area contributed by atoms with E-state index in [0.29, 0.717) is 5.82 Å². The highest BCUT2D eigenvalue weighted by molar-refractivity contribution is 6.01. The van der Waals surface area contributed by atoms with Crippen LogP contribution < -0.4 is 10.6 Å². The Balaban J connectivity index is 1.70. The van der Waals surface area contributed by atoms with Crippen molar-refractivity contribution in [3.8, 4) is 22.5 Å². The van der Waals surface area contributed by atoms with Gasteiger partial charge in [-0.2, -0.15) is 0 Å². The van der Waals surface area contributed by atoms with Crippen LogP contribution in [0.25, 0.3) is 22.5 Å². The lowest BCUT2D eigenvalue weighted by molar-refractivity contribution is -0.385. The number of non-ortho nitro benzene ring substituents is 2. The van der Waals surface area contributed by atoms with E-state index in [1.54, 1.807) is 0 Å². The fourth-order valence-corrected chi connectivity index (χ4v) is 3.63. The lowest BCUT2D eigenvalue weighted by atomic mass is 9.99. The lowest BCUT2D eigenvalue weighted by Gasteiger charge is -2.14. The number of benzene rings is 2. The Hall–Kier alpha value is -6.06. The molecule has 0 aliphatic rings. The van der Waals surface area contributed by atoms with E-state index in [4.69, 9.17) is 0 Å². The molecule has 0 bridgehead atoms. The van der Waals surface area contributed by atoms with Gasteiger partial charge in [0.2, 0.25) is 5.95 Å². The normalized spacial score (nSPS) is 10.5. The molecule has 0 saturated heterocycles. The third-order valence-electron chi connectivity index (χ3n) is 5.48. The number of nitro groups is 3. The summed E-state index contributed by atoms with van der Waals surface area (Å²) >= 11 is 0. The fourth-order valence-electron chi connectivity index (χ4n) is 3.63. The number of hydrogen-bond acceptors (Lipinski definition) is 12. The second-order valence-electron chi connectivity index (χ2n) is 8.05. The van der Waals surface area contributed by atoms with Gasteiger partial charge >= 0.3 is 5.97 Å². The number of aromatic nitrogens is 3. The Morgan fingerprint density at radius 3 is 1.93 bits per heavy atom. The molecule has 3 N–H and O–H groups in total. The molecule has 0 spiro atoms. The average Bonchev–Trinajstić information content (AvgIpc) is 2.95. The van der Waals surface area contributed by atoms with E-state index >= 15 is 0 Å². The van der Waals surface area contributed by atoms with Crippen molar-refractivity contribution in [3.63, 3.8) is 0 Å². The molecule has 4 rings (SSSR count). The van der Waals surface area contributed by atoms with Crippen LogP contribution in [0.4, 0.5) is 28.8 Å². The van der Waals surface area contributed by atoms with Gasteiger partial charge in [0.1, 0.15) is 17.6 Å². The summed E-state index contributed by atoms with van der Waals surface area (Å²) in [6.45, 7) is 0.451. The molecule has 16 nitrogen and oxygen atoms in total. The lowest BCUT2D eigenvalue weighted by Crippen LogP contribution is -2.17. The molecule has 0 saturated carbocycles. The van der Waals surface area contributed by atoms with Gasteiger partial charge in [-0.05, 0) is 18.2 Å². The van der Waals surface area contributed by atoms with E-state index in [1.165, 1.54) is 60.7 Å². The maximum Gasteiger partial charge on any atom is 0.340 e. The third kappa shape index (κ3) is 6.08. The first-order valence-electron chi connectivity index (χ1n) is 11.4. The van der Waals surface area contributed by atoms with Crippen LogP contribution in [0.5, 0.6) is 0 Å².